The van der Waals surface area contributed by atoms with Gasteiger partial charge in [-0.25, -0.2) is 4.79 Å². The van der Waals surface area contributed by atoms with Gasteiger partial charge in [0, 0.05) is 49.8 Å². The van der Waals surface area contributed by atoms with Crippen molar-refractivity contribution < 1.29 is 29.0 Å². The minimum Gasteiger partial charge on any atom is -0.507 e. The number of rotatable bonds is 8. The molecule has 10 nitrogen and oxygen atoms in total. The number of Topliss-reactive ketones (excluding diaryl/α,β-unsaturated/α-hetero) is 1. The molecule has 36 heavy (non-hydrogen) atoms. The molecule has 2 aliphatic heterocycles. The van der Waals surface area contributed by atoms with Gasteiger partial charge in [0.1, 0.15) is 11.5 Å². The van der Waals surface area contributed by atoms with E-state index in [2.05, 4.69) is 14.9 Å². The Morgan fingerprint density at radius 2 is 2.00 bits per heavy atom. The molecule has 2 aliphatic rings. The van der Waals surface area contributed by atoms with Gasteiger partial charge in [0.15, 0.2) is 0 Å². The van der Waals surface area contributed by atoms with E-state index in [0.29, 0.717) is 48.6 Å². The van der Waals surface area contributed by atoms with Crippen LogP contribution < -0.4 is 0 Å². The summed E-state index contributed by atoms with van der Waals surface area (Å²) in [4.78, 5) is 49.8. The second-order valence-electron chi connectivity index (χ2n) is 8.93. The summed E-state index contributed by atoms with van der Waals surface area (Å²) in [5.74, 6) is -2.29. The number of amides is 1. The Morgan fingerprint density at radius 3 is 2.67 bits per heavy atom. The van der Waals surface area contributed by atoms with Gasteiger partial charge in [-0.2, -0.15) is 0 Å². The van der Waals surface area contributed by atoms with E-state index in [1.165, 1.54) is 4.90 Å². The van der Waals surface area contributed by atoms with Crippen LogP contribution in [0, 0.1) is 13.8 Å². The van der Waals surface area contributed by atoms with Gasteiger partial charge in [0.05, 0.1) is 31.4 Å². The first-order valence-corrected chi connectivity index (χ1v) is 12.2. The zero-order chi connectivity index (χ0) is 25.8. The number of aromatic amines is 1. The molecule has 1 atom stereocenters. The number of hydrogen-bond acceptors (Lipinski definition) is 8. The first kappa shape index (κ1) is 25.6. The van der Waals surface area contributed by atoms with Crippen LogP contribution in [0.25, 0.3) is 5.76 Å². The lowest BCUT2D eigenvalue weighted by atomic mass is 9.95. The third-order valence-corrected chi connectivity index (χ3v) is 6.67. The summed E-state index contributed by atoms with van der Waals surface area (Å²) in [6, 6.07) is 2.73. The first-order chi connectivity index (χ1) is 17.3. The van der Waals surface area contributed by atoms with Crippen molar-refractivity contribution in [1.29, 1.82) is 0 Å². The molecule has 192 valence electrons. The van der Waals surface area contributed by atoms with Crippen molar-refractivity contribution in [2.24, 2.45) is 0 Å². The zero-order valence-corrected chi connectivity index (χ0v) is 20.9. The number of nitrogens with zero attached hydrogens (tertiary/aromatic N) is 3. The van der Waals surface area contributed by atoms with E-state index < -0.39 is 23.7 Å². The molecule has 0 spiro atoms. The predicted octanol–water partition coefficient (Wildman–Crippen LogP) is 2.35. The van der Waals surface area contributed by atoms with Crippen LogP contribution in [0.15, 0.2) is 30.1 Å². The number of hydrogen-bond donors (Lipinski definition) is 2. The smallest absolute Gasteiger partial charge is 0.355 e. The highest BCUT2D eigenvalue weighted by molar-refractivity contribution is 6.46. The highest BCUT2D eigenvalue weighted by Gasteiger charge is 2.46. The van der Waals surface area contributed by atoms with Gasteiger partial charge >= 0.3 is 5.97 Å². The summed E-state index contributed by atoms with van der Waals surface area (Å²) in [6.45, 7) is 9.42. The van der Waals surface area contributed by atoms with Crippen molar-refractivity contribution in [3.05, 3.63) is 58.2 Å². The van der Waals surface area contributed by atoms with Gasteiger partial charge in [-0.3, -0.25) is 19.5 Å². The monoisotopic (exact) mass is 496 g/mol. The quantitative estimate of drug-likeness (QED) is 0.247. The number of aliphatic hydroxyl groups is 1. The van der Waals surface area contributed by atoms with Gasteiger partial charge in [-0.05, 0) is 44.4 Å². The molecule has 2 N–H and O–H groups in total. The van der Waals surface area contributed by atoms with Crippen molar-refractivity contribution in [2.75, 3.05) is 46.0 Å². The lowest BCUT2D eigenvalue weighted by molar-refractivity contribution is -0.140. The standard InChI is InChI=1S/C26H32N4O6/c1-4-36-26(34)21-16(2)19(17(3)28-21)23(31)20-22(18-7-5-8-27-15-18)30(25(33)24(20)32)10-6-9-29-11-13-35-14-12-29/h5,7-8,15,22,28,31H,4,6,9-14H2,1-3H3/b23-20+/t22-/m0/s1. The largest absolute Gasteiger partial charge is 0.507 e. The zero-order valence-electron chi connectivity index (χ0n) is 20.9. The normalized spacial score (nSPS) is 20.2. The second-order valence-corrected chi connectivity index (χ2v) is 8.93. The molecule has 1 amide bonds. The van der Waals surface area contributed by atoms with Crippen LogP contribution >= 0.6 is 0 Å². The Balaban J connectivity index is 1.71. The number of morpholine rings is 1. The van der Waals surface area contributed by atoms with Gasteiger partial charge in [0.2, 0.25) is 0 Å². The first-order valence-electron chi connectivity index (χ1n) is 12.2. The molecular weight excluding hydrogens is 464 g/mol. The summed E-state index contributed by atoms with van der Waals surface area (Å²) in [5, 5.41) is 11.4. The Bertz CT molecular complexity index is 1170. The van der Waals surface area contributed by atoms with E-state index in [-0.39, 0.29) is 23.6 Å². The van der Waals surface area contributed by atoms with Gasteiger partial charge in [-0.1, -0.05) is 6.07 Å². The van der Waals surface area contributed by atoms with Gasteiger partial charge in [-0.15, -0.1) is 0 Å². The average molecular weight is 497 g/mol. The van der Waals surface area contributed by atoms with E-state index in [4.69, 9.17) is 9.47 Å². The number of aryl methyl sites for hydroxylation is 1. The molecule has 2 fully saturated rings. The Hall–Kier alpha value is -3.50. The van der Waals surface area contributed by atoms with Crippen LogP contribution in [0.1, 0.15) is 52.3 Å². The summed E-state index contributed by atoms with van der Waals surface area (Å²) in [6.07, 6.45) is 3.87. The number of likely N-dealkylation sites (tertiary alicyclic amines) is 1. The van der Waals surface area contributed by atoms with Gasteiger partial charge in [0.25, 0.3) is 11.7 Å². The fourth-order valence-electron chi connectivity index (χ4n) is 4.93. The number of ketones is 1. The molecule has 4 heterocycles. The molecule has 0 unspecified atom stereocenters. The lowest BCUT2D eigenvalue weighted by Crippen LogP contribution is -2.39. The number of carbonyl (C=O) groups excluding carboxylic acids is 3. The highest BCUT2D eigenvalue weighted by Crippen LogP contribution is 2.40. The third-order valence-electron chi connectivity index (χ3n) is 6.67. The topological polar surface area (TPSA) is 125 Å². The van der Waals surface area contributed by atoms with Crippen LogP contribution in [0.2, 0.25) is 0 Å². The molecule has 0 radical (unpaired) electrons. The number of esters is 1. The summed E-state index contributed by atoms with van der Waals surface area (Å²) in [7, 11) is 0. The van der Waals surface area contributed by atoms with Crippen LogP contribution in [0.4, 0.5) is 0 Å². The van der Waals surface area contributed by atoms with Crippen molar-refractivity contribution in [2.45, 2.75) is 33.2 Å². The SMILES string of the molecule is CCOC(=O)c1[nH]c(C)c(/C(O)=C2\C(=O)C(=O)N(CCCN3CCOCC3)[C@H]2c2cccnc2)c1C. The maximum atomic E-state index is 13.3. The molecule has 0 aliphatic carbocycles. The number of pyridine rings is 1. The number of nitrogens with one attached hydrogen (secondary N) is 1. The molecule has 0 saturated carbocycles. The minimum absolute atomic E-state index is 0.0139. The van der Waals surface area contributed by atoms with Crippen LogP contribution in [-0.2, 0) is 19.1 Å². The fourth-order valence-corrected chi connectivity index (χ4v) is 4.93. The van der Waals surface area contributed by atoms with Crippen molar-refractivity contribution in [1.82, 2.24) is 19.8 Å². The van der Waals surface area contributed by atoms with E-state index in [9.17, 15) is 19.5 Å². The molecule has 10 heteroatoms. The Kier molecular flexibility index (Phi) is 7.85. The number of aromatic nitrogens is 2. The van der Waals surface area contributed by atoms with E-state index in [1.54, 1.807) is 45.3 Å². The van der Waals surface area contributed by atoms with E-state index >= 15 is 0 Å². The molecule has 4 rings (SSSR count). The number of ether oxygens (including phenoxy) is 2. The number of carbonyl (C=O) groups is 3. The maximum absolute atomic E-state index is 13.3. The highest BCUT2D eigenvalue weighted by atomic mass is 16.5. The Morgan fingerprint density at radius 1 is 1.25 bits per heavy atom. The molecule has 2 saturated heterocycles. The number of H-pyrrole nitrogens is 1. The number of aliphatic hydroxyl groups excluding tert-OH is 1. The minimum atomic E-state index is -0.789. The fraction of sp³-hybridized carbons (Fsp3) is 0.462. The van der Waals surface area contributed by atoms with E-state index in [0.717, 1.165) is 19.6 Å². The molecule has 2 aromatic heterocycles. The van der Waals surface area contributed by atoms with Crippen LogP contribution in [0.3, 0.4) is 0 Å². The van der Waals surface area contributed by atoms with Crippen LogP contribution in [0.5, 0.6) is 0 Å². The predicted molar refractivity (Wildman–Crippen MR) is 131 cm³/mol. The van der Waals surface area contributed by atoms with Crippen molar-refractivity contribution in [3.8, 4) is 0 Å². The van der Waals surface area contributed by atoms with Crippen molar-refractivity contribution >= 4 is 23.4 Å². The Labute approximate surface area is 209 Å². The van der Waals surface area contributed by atoms with Crippen molar-refractivity contribution in [3.63, 3.8) is 0 Å². The average Bonchev–Trinajstić information content (AvgIpc) is 3.32. The second kappa shape index (κ2) is 11.0. The van der Waals surface area contributed by atoms with Crippen LogP contribution in [-0.4, -0.2) is 88.5 Å². The maximum Gasteiger partial charge on any atom is 0.355 e. The summed E-state index contributed by atoms with van der Waals surface area (Å²) < 4.78 is 10.5. The summed E-state index contributed by atoms with van der Waals surface area (Å²) in [5.41, 5.74) is 2.08. The molecule has 0 aromatic carbocycles. The lowest BCUT2D eigenvalue weighted by Gasteiger charge is -2.29. The molecule has 2 aromatic rings. The summed E-state index contributed by atoms with van der Waals surface area (Å²) >= 11 is 0. The van der Waals surface area contributed by atoms with E-state index in [1.807, 2.05) is 0 Å². The molecular formula is C26H32N4O6. The van der Waals surface area contributed by atoms with Gasteiger partial charge < -0.3 is 24.5 Å². The third kappa shape index (κ3) is 4.91. The molecule has 0 bridgehead atoms.